The van der Waals surface area contributed by atoms with E-state index in [0.717, 1.165) is 11.3 Å². The van der Waals surface area contributed by atoms with E-state index in [2.05, 4.69) is 4.98 Å². The Balaban J connectivity index is 1.23. The molecule has 9 heteroatoms. The van der Waals surface area contributed by atoms with Crippen molar-refractivity contribution in [3.63, 3.8) is 0 Å². The Kier molecular flexibility index (Phi) is 7.17. The van der Waals surface area contributed by atoms with Crippen LogP contribution in [-0.2, 0) is 0 Å². The molecule has 1 unspecified atom stereocenters. The molecular formula is C29H31N5O4. The van der Waals surface area contributed by atoms with E-state index in [1.165, 1.54) is 0 Å². The van der Waals surface area contributed by atoms with Crippen LogP contribution in [0.3, 0.4) is 0 Å². The quantitative estimate of drug-likeness (QED) is 0.390. The summed E-state index contributed by atoms with van der Waals surface area (Å²) in [5.41, 5.74) is 8.66. The van der Waals surface area contributed by atoms with Crippen LogP contribution in [0, 0.1) is 0 Å². The van der Waals surface area contributed by atoms with Crippen molar-refractivity contribution in [1.82, 2.24) is 14.9 Å². The summed E-state index contributed by atoms with van der Waals surface area (Å²) >= 11 is 0. The highest BCUT2D eigenvalue weighted by molar-refractivity contribution is 5.94. The normalized spacial score (nSPS) is 14.3. The summed E-state index contributed by atoms with van der Waals surface area (Å²) in [6, 6.07) is 20.9. The van der Waals surface area contributed by atoms with Gasteiger partial charge in [0.2, 0.25) is 5.95 Å². The van der Waals surface area contributed by atoms with E-state index < -0.39 is 0 Å². The molecule has 0 aliphatic carbocycles. The predicted octanol–water partition coefficient (Wildman–Crippen LogP) is 4.33. The van der Waals surface area contributed by atoms with Crippen molar-refractivity contribution < 1.29 is 19.0 Å². The molecule has 0 bridgehead atoms. The molecule has 1 saturated heterocycles. The summed E-state index contributed by atoms with van der Waals surface area (Å²) in [5, 5.41) is 0.700. The van der Waals surface area contributed by atoms with Crippen LogP contribution in [0.1, 0.15) is 28.9 Å². The van der Waals surface area contributed by atoms with Gasteiger partial charge in [-0.05, 0) is 42.8 Å². The van der Waals surface area contributed by atoms with Crippen molar-refractivity contribution in [2.45, 2.75) is 13.0 Å². The molecule has 38 heavy (non-hydrogen) atoms. The summed E-state index contributed by atoms with van der Waals surface area (Å²) in [7, 11) is 3.15. The van der Waals surface area contributed by atoms with Crippen LogP contribution in [-0.4, -0.2) is 61.2 Å². The standard InChI is InChI=1S/C29H31N5O4/c1-19(20-7-5-4-6-8-20)38-22-11-9-21(10-12-22)28(35)33-13-15-34(16-14-33)29-31-24-18-26(37-3)25(36-2)17-23(24)27(30)32-29/h4-12,17-19H,13-16H2,1-3H3,(H2,30,31,32). The topological polar surface area (TPSA) is 103 Å². The van der Waals surface area contributed by atoms with E-state index in [0.29, 0.717) is 65.9 Å². The molecule has 3 aromatic carbocycles. The first-order chi connectivity index (χ1) is 18.5. The third kappa shape index (κ3) is 5.13. The maximum Gasteiger partial charge on any atom is 0.253 e. The van der Waals surface area contributed by atoms with Gasteiger partial charge in [-0.2, -0.15) is 4.98 Å². The number of fused-ring (bicyclic) bond motifs is 1. The summed E-state index contributed by atoms with van der Waals surface area (Å²) in [6.07, 6.45) is -0.0830. The molecule has 1 atom stereocenters. The lowest BCUT2D eigenvalue weighted by molar-refractivity contribution is 0.0746. The lowest BCUT2D eigenvalue weighted by Crippen LogP contribution is -2.49. The number of piperazine rings is 1. The third-order valence-electron chi connectivity index (χ3n) is 6.75. The fraction of sp³-hybridized carbons (Fsp3) is 0.276. The van der Waals surface area contributed by atoms with E-state index in [-0.39, 0.29) is 12.0 Å². The summed E-state index contributed by atoms with van der Waals surface area (Å²) < 4.78 is 16.8. The Bertz CT molecular complexity index is 1420. The number of anilines is 2. The molecule has 1 aliphatic rings. The SMILES string of the molecule is COc1cc2nc(N3CCN(C(=O)c4ccc(OC(C)c5ccccc5)cc4)CC3)nc(N)c2cc1OC. The highest BCUT2D eigenvalue weighted by atomic mass is 16.5. The van der Waals surface area contributed by atoms with Crippen molar-refractivity contribution in [3.8, 4) is 17.2 Å². The molecule has 0 radical (unpaired) electrons. The molecule has 2 N–H and O–H groups in total. The highest BCUT2D eigenvalue weighted by Gasteiger charge is 2.24. The monoisotopic (exact) mass is 513 g/mol. The van der Waals surface area contributed by atoms with Gasteiger partial charge in [-0.1, -0.05) is 30.3 Å². The van der Waals surface area contributed by atoms with Crippen LogP contribution >= 0.6 is 0 Å². The number of carbonyl (C=O) groups is 1. The first-order valence-corrected chi connectivity index (χ1v) is 12.5. The molecule has 9 nitrogen and oxygen atoms in total. The van der Waals surface area contributed by atoms with Gasteiger partial charge >= 0.3 is 0 Å². The molecule has 4 aromatic rings. The van der Waals surface area contributed by atoms with Crippen LogP contribution in [0.2, 0.25) is 0 Å². The zero-order chi connectivity index (χ0) is 26.6. The van der Waals surface area contributed by atoms with Gasteiger partial charge in [0.15, 0.2) is 11.5 Å². The lowest BCUT2D eigenvalue weighted by Gasteiger charge is -2.35. The van der Waals surface area contributed by atoms with E-state index in [1.54, 1.807) is 26.4 Å². The smallest absolute Gasteiger partial charge is 0.253 e. The molecule has 2 heterocycles. The lowest BCUT2D eigenvalue weighted by atomic mass is 10.1. The van der Waals surface area contributed by atoms with Crippen molar-refractivity contribution in [1.29, 1.82) is 0 Å². The second-order valence-corrected chi connectivity index (χ2v) is 9.11. The van der Waals surface area contributed by atoms with E-state index >= 15 is 0 Å². The minimum atomic E-state index is -0.0830. The van der Waals surface area contributed by atoms with Crippen LogP contribution in [0.5, 0.6) is 17.2 Å². The van der Waals surface area contributed by atoms with E-state index in [1.807, 2.05) is 71.3 Å². The van der Waals surface area contributed by atoms with Crippen LogP contribution in [0.4, 0.5) is 11.8 Å². The maximum atomic E-state index is 13.1. The fourth-order valence-corrected chi connectivity index (χ4v) is 4.57. The van der Waals surface area contributed by atoms with Crippen LogP contribution in [0.25, 0.3) is 10.9 Å². The first-order valence-electron chi connectivity index (χ1n) is 12.5. The molecule has 1 fully saturated rings. The minimum Gasteiger partial charge on any atom is -0.493 e. The van der Waals surface area contributed by atoms with Gasteiger partial charge in [-0.3, -0.25) is 4.79 Å². The number of nitrogens with zero attached hydrogens (tertiary/aromatic N) is 4. The number of benzene rings is 3. The number of aromatic nitrogens is 2. The van der Waals surface area contributed by atoms with Crippen molar-refractivity contribution >= 4 is 28.6 Å². The number of nitrogen functional groups attached to an aromatic ring is 1. The summed E-state index contributed by atoms with van der Waals surface area (Å²) in [6.45, 7) is 4.30. The molecule has 1 amide bonds. The Morgan fingerprint density at radius 2 is 1.55 bits per heavy atom. The van der Waals surface area contributed by atoms with Gasteiger partial charge in [0, 0.05) is 43.2 Å². The number of ether oxygens (including phenoxy) is 3. The Labute approximate surface area is 221 Å². The Morgan fingerprint density at radius 3 is 2.21 bits per heavy atom. The zero-order valence-electron chi connectivity index (χ0n) is 21.8. The van der Waals surface area contributed by atoms with Crippen molar-refractivity contribution in [2.75, 3.05) is 51.0 Å². The highest BCUT2D eigenvalue weighted by Crippen LogP contribution is 2.34. The molecule has 196 valence electrons. The predicted molar refractivity (Wildman–Crippen MR) is 147 cm³/mol. The fourth-order valence-electron chi connectivity index (χ4n) is 4.57. The molecule has 0 spiro atoms. The second kappa shape index (κ2) is 10.8. The van der Waals surface area contributed by atoms with Gasteiger partial charge in [0.25, 0.3) is 5.91 Å². The molecule has 5 rings (SSSR count). The summed E-state index contributed by atoms with van der Waals surface area (Å²) in [5.74, 6) is 2.76. The average molecular weight is 514 g/mol. The van der Waals surface area contributed by atoms with Crippen LogP contribution in [0.15, 0.2) is 66.7 Å². The van der Waals surface area contributed by atoms with Gasteiger partial charge in [0.1, 0.15) is 17.7 Å². The van der Waals surface area contributed by atoms with Crippen molar-refractivity contribution in [2.24, 2.45) is 0 Å². The van der Waals surface area contributed by atoms with Crippen LogP contribution < -0.4 is 24.8 Å². The van der Waals surface area contributed by atoms with Gasteiger partial charge in [-0.15, -0.1) is 0 Å². The number of rotatable bonds is 7. The number of methoxy groups -OCH3 is 2. The number of amides is 1. The summed E-state index contributed by atoms with van der Waals surface area (Å²) in [4.78, 5) is 26.3. The Hall–Kier alpha value is -4.53. The van der Waals surface area contributed by atoms with Gasteiger partial charge in [-0.25, -0.2) is 4.98 Å². The van der Waals surface area contributed by atoms with Gasteiger partial charge in [0.05, 0.1) is 19.7 Å². The van der Waals surface area contributed by atoms with Crippen molar-refractivity contribution in [3.05, 3.63) is 77.9 Å². The number of carbonyl (C=O) groups excluding carboxylic acids is 1. The molecular weight excluding hydrogens is 482 g/mol. The maximum absolute atomic E-state index is 13.1. The zero-order valence-corrected chi connectivity index (χ0v) is 21.8. The number of hydrogen-bond donors (Lipinski definition) is 1. The van der Waals surface area contributed by atoms with E-state index in [4.69, 9.17) is 24.9 Å². The second-order valence-electron chi connectivity index (χ2n) is 9.11. The van der Waals surface area contributed by atoms with E-state index in [9.17, 15) is 4.79 Å². The molecule has 0 saturated carbocycles. The average Bonchev–Trinajstić information content (AvgIpc) is 2.97. The van der Waals surface area contributed by atoms with Gasteiger partial charge < -0.3 is 29.7 Å². The minimum absolute atomic E-state index is 0.0110. The Morgan fingerprint density at radius 1 is 0.895 bits per heavy atom. The first kappa shape index (κ1) is 25.1. The molecule has 1 aliphatic heterocycles. The largest absolute Gasteiger partial charge is 0.493 e. The number of nitrogens with two attached hydrogens (primary N) is 1. The number of hydrogen-bond acceptors (Lipinski definition) is 8. The molecule has 1 aromatic heterocycles. The third-order valence-corrected chi connectivity index (χ3v) is 6.75.